The van der Waals surface area contributed by atoms with Crippen molar-refractivity contribution in [3.05, 3.63) is 29.8 Å². The molecule has 1 aromatic carbocycles. The van der Waals surface area contributed by atoms with Gasteiger partial charge in [-0.15, -0.1) is 0 Å². The second-order valence-electron chi connectivity index (χ2n) is 5.95. The predicted octanol–water partition coefficient (Wildman–Crippen LogP) is 2.62. The van der Waals surface area contributed by atoms with E-state index in [4.69, 9.17) is 0 Å². The minimum atomic E-state index is 0.355. The molecule has 0 aromatic heterocycles. The molecule has 0 bridgehead atoms. The van der Waals surface area contributed by atoms with Gasteiger partial charge in [0.15, 0.2) is 0 Å². The summed E-state index contributed by atoms with van der Waals surface area (Å²) in [6.07, 6.45) is 4.00. The Morgan fingerprint density at radius 2 is 1.84 bits per heavy atom. The molecule has 2 saturated heterocycles. The average Bonchev–Trinajstić information content (AvgIpc) is 2.76. The molecule has 2 unspecified atom stereocenters. The SMILES string of the molecule is CC(c1ccc(O)cc1)N1CCCN2CCCC2C1. The van der Waals surface area contributed by atoms with Crippen LogP contribution in [0.15, 0.2) is 24.3 Å². The molecule has 2 fully saturated rings. The number of benzene rings is 1. The molecule has 104 valence electrons. The zero-order chi connectivity index (χ0) is 13.2. The monoisotopic (exact) mass is 260 g/mol. The van der Waals surface area contributed by atoms with Crippen molar-refractivity contribution in [1.29, 1.82) is 0 Å². The number of rotatable bonds is 2. The van der Waals surface area contributed by atoms with E-state index in [2.05, 4.69) is 28.9 Å². The zero-order valence-electron chi connectivity index (χ0n) is 11.8. The van der Waals surface area contributed by atoms with Crippen LogP contribution in [-0.2, 0) is 0 Å². The first kappa shape index (κ1) is 12.9. The second kappa shape index (κ2) is 5.51. The highest BCUT2D eigenvalue weighted by atomic mass is 16.3. The van der Waals surface area contributed by atoms with Crippen molar-refractivity contribution in [2.24, 2.45) is 0 Å². The number of hydrogen-bond donors (Lipinski definition) is 1. The Morgan fingerprint density at radius 1 is 1.11 bits per heavy atom. The minimum Gasteiger partial charge on any atom is -0.508 e. The highest BCUT2D eigenvalue weighted by Crippen LogP contribution is 2.28. The molecule has 19 heavy (non-hydrogen) atoms. The molecule has 2 atom stereocenters. The van der Waals surface area contributed by atoms with Crippen LogP contribution in [0.1, 0.15) is 37.8 Å². The molecule has 0 radical (unpaired) electrons. The Morgan fingerprint density at radius 3 is 2.63 bits per heavy atom. The molecule has 0 spiro atoms. The van der Waals surface area contributed by atoms with E-state index < -0.39 is 0 Å². The van der Waals surface area contributed by atoms with Crippen LogP contribution in [0.3, 0.4) is 0 Å². The van der Waals surface area contributed by atoms with Crippen molar-refractivity contribution in [2.75, 3.05) is 26.2 Å². The lowest BCUT2D eigenvalue weighted by Gasteiger charge is -2.31. The topological polar surface area (TPSA) is 26.7 Å². The van der Waals surface area contributed by atoms with Crippen molar-refractivity contribution in [3.63, 3.8) is 0 Å². The maximum Gasteiger partial charge on any atom is 0.115 e. The molecular weight excluding hydrogens is 236 g/mol. The van der Waals surface area contributed by atoms with Crippen molar-refractivity contribution >= 4 is 0 Å². The second-order valence-corrected chi connectivity index (χ2v) is 5.95. The molecule has 3 heteroatoms. The van der Waals surface area contributed by atoms with Crippen LogP contribution in [0, 0.1) is 0 Å². The van der Waals surface area contributed by atoms with Gasteiger partial charge in [0, 0.05) is 25.2 Å². The molecule has 3 rings (SSSR count). The Bertz CT molecular complexity index is 417. The van der Waals surface area contributed by atoms with Crippen molar-refractivity contribution in [3.8, 4) is 5.75 Å². The summed E-state index contributed by atoms with van der Waals surface area (Å²) in [4.78, 5) is 5.28. The lowest BCUT2D eigenvalue weighted by Crippen LogP contribution is -2.37. The number of fused-ring (bicyclic) bond motifs is 1. The number of phenols is 1. The highest BCUT2D eigenvalue weighted by molar-refractivity contribution is 5.27. The fraction of sp³-hybridized carbons (Fsp3) is 0.625. The maximum atomic E-state index is 9.40. The normalized spacial score (nSPS) is 26.9. The van der Waals surface area contributed by atoms with Crippen LogP contribution in [0.4, 0.5) is 0 Å². The summed E-state index contributed by atoms with van der Waals surface area (Å²) in [6, 6.07) is 8.91. The van der Waals surface area contributed by atoms with Crippen LogP contribution in [0.5, 0.6) is 5.75 Å². The summed E-state index contributed by atoms with van der Waals surface area (Å²) in [5.74, 6) is 0.355. The summed E-state index contributed by atoms with van der Waals surface area (Å²) < 4.78 is 0. The van der Waals surface area contributed by atoms with Crippen LogP contribution in [-0.4, -0.2) is 47.1 Å². The number of phenolic OH excluding ortho intramolecular Hbond substituents is 1. The lowest BCUT2D eigenvalue weighted by molar-refractivity contribution is 0.182. The van der Waals surface area contributed by atoms with E-state index in [1.54, 1.807) is 12.1 Å². The standard InChI is InChI=1S/C16H24N2O/c1-13(14-5-7-16(19)8-6-14)18-11-3-10-17-9-2-4-15(17)12-18/h5-8,13,15,19H,2-4,9-12H2,1H3. The van der Waals surface area contributed by atoms with Crippen LogP contribution in [0.2, 0.25) is 0 Å². The molecule has 0 amide bonds. The van der Waals surface area contributed by atoms with Gasteiger partial charge in [-0.05, 0) is 57.0 Å². The number of hydrogen-bond acceptors (Lipinski definition) is 3. The zero-order valence-corrected chi connectivity index (χ0v) is 11.8. The summed E-state index contributed by atoms with van der Waals surface area (Å²) in [5, 5.41) is 9.40. The quantitative estimate of drug-likeness (QED) is 0.885. The van der Waals surface area contributed by atoms with E-state index in [0.29, 0.717) is 11.8 Å². The van der Waals surface area contributed by atoms with Gasteiger partial charge in [-0.2, -0.15) is 0 Å². The van der Waals surface area contributed by atoms with Crippen LogP contribution >= 0.6 is 0 Å². The van der Waals surface area contributed by atoms with E-state index >= 15 is 0 Å². The lowest BCUT2D eigenvalue weighted by atomic mass is 10.1. The summed E-state index contributed by atoms with van der Waals surface area (Å²) in [5.41, 5.74) is 1.31. The molecule has 2 aliphatic rings. The Hall–Kier alpha value is -1.06. The molecular formula is C16H24N2O. The highest BCUT2D eigenvalue weighted by Gasteiger charge is 2.30. The molecule has 2 heterocycles. The van der Waals surface area contributed by atoms with E-state index in [-0.39, 0.29) is 0 Å². The Labute approximate surface area is 115 Å². The van der Waals surface area contributed by atoms with Crippen molar-refractivity contribution < 1.29 is 5.11 Å². The van der Waals surface area contributed by atoms with E-state index in [9.17, 15) is 5.11 Å². The van der Waals surface area contributed by atoms with Gasteiger partial charge < -0.3 is 5.11 Å². The molecule has 1 aromatic rings. The molecule has 2 aliphatic heterocycles. The summed E-state index contributed by atoms with van der Waals surface area (Å²) >= 11 is 0. The van der Waals surface area contributed by atoms with Gasteiger partial charge in [-0.3, -0.25) is 9.80 Å². The van der Waals surface area contributed by atoms with Crippen LogP contribution < -0.4 is 0 Å². The van der Waals surface area contributed by atoms with Crippen LogP contribution in [0.25, 0.3) is 0 Å². The third-order valence-electron chi connectivity index (χ3n) is 4.76. The average molecular weight is 260 g/mol. The molecule has 1 N–H and O–H groups in total. The fourth-order valence-electron chi connectivity index (χ4n) is 3.55. The first-order valence-electron chi connectivity index (χ1n) is 7.51. The van der Waals surface area contributed by atoms with Crippen molar-refractivity contribution in [1.82, 2.24) is 9.80 Å². The largest absolute Gasteiger partial charge is 0.508 e. The first-order chi connectivity index (χ1) is 9.24. The molecule has 0 aliphatic carbocycles. The number of aromatic hydroxyl groups is 1. The molecule has 0 saturated carbocycles. The van der Waals surface area contributed by atoms with E-state index in [1.807, 2.05) is 0 Å². The van der Waals surface area contributed by atoms with Gasteiger partial charge >= 0.3 is 0 Å². The van der Waals surface area contributed by atoms with Gasteiger partial charge in [0.05, 0.1) is 0 Å². The van der Waals surface area contributed by atoms with Gasteiger partial charge in [-0.1, -0.05) is 12.1 Å². The third kappa shape index (κ3) is 2.77. The Kier molecular flexibility index (Phi) is 3.76. The van der Waals surface area contributed by atoms with Gasteiger partial charge in [0.25, 0.3) is 0 Å². The van der Waals surface area contributed by atoms with Gasteiger partial charge in [0.1, 0.15) is 5.75 Å². The smallest absolute Gasteiger partial charge is 0.115 e. The summed E-state index contributed by atoms with van der Waals surface area (Å²) in [7, 11) is 0. The number of nitrogens with zero attached hydrogens (tertiary/aromatic N) is 2. The third-order valence-corrected chi connectivity index (χ3v) is 4.76. The Balaban J connectivity index is 1.71. The van der Waals surface area contributed by atoms with Gasteiger partial charge in [-0.25, -0.2) is 0 Å². The predicted molar refractivity (Wildman–Crippen MR) is 77.3 cm³/mol. The van der Waals surface area contributed by atoms with E-state index in [1.165, 1.54) is 51.0 Å². The van der Waals surface area contributed by atoms with Gasteiger partial charge in [0.2, 0.25) is 0 Å². The molecule has 3 nitrogen and oxygen atoms in total. The fourth-order valence-corrected chi connectivity index (χ4v) is 3.55. The first-order valence-corrected chi connectivity index (χ1v) is 7.51. The van der Waals surface area contributed by atoms with Crippen molar-refractivity contribution in [2.45, 2.75) is 38.3 Å². The minimum absolute atomic E-state index is 0.355. The van der Waals surface area contributed by atoms with E-state index in [0.717, 1.165) is 6.04 Å². The summed E-state index contributed by atoms with van der Waals surface area (Å²) in [6.45, 7) is 7.24. The maximum absolute atomic E-state index is 9.40.